The van der Waals surface area contributed by atoms with E-state index in [1.807, 2.05) is 0 Å². The summed E-state index contributed by atoms with van der Waals surface area (Å²) in [4.78, 5) is 11.3. The van der Waals surface area contributed by atoms with Crippen LogP contribution in [0.5, 0.6) is 5.75 Å². The summed E-state index contributed by atoms with van der Waals surface area (Å²) >= 11 is 6.19. The van der Waals surface area contributed by atoms with E-state index in [1.54, 1.807) is 31.2 Å². The normalized spacial score (nSPS) is 15.7. The number of halogens is 4. The van der Waals surface area contributed by atoms with Crippen LogP contribution in [0.1, 0.15) is 43.1 Å². The molecule has 1 aliphatic heterocycles. The quantitative estimate of drug-likeness (QED) is 0.244. The van der Waals surface area contributed by atoms with E-state index in [0.717, 1.165) is 10.5 Å². The first kappa shape index (κ1) is 28.5. The number of ether oxygens (including phenoxy) is 2. The number of hydrogen-bond donors (Lipinski definition) is 0. The SMILES string of the molecule is COC(=O)CC[C@H]1CN(S(=O)(=O)c2cn(C(F)F)nc2C)c2cc(/C=C(\C)c3c(F)cccc3Cl)ccc2O1. The topological polar surface area (TPSA) is 90.7 Å². The molecule has 0 saturated heterocycles. The zero-order valence-electron chi connectivity index (χ0n) is 21.2. The fourth-order valence-corrected chi connectivity index (χ4v) is 6.28. The Balaban J connectivity index is 1.78. The molecule has 13 heteroatoms. The number of alkyl halides is 2. The monoisotopic (exact) mass is 583 g/mol. The van der Waals surface area contributed by atoms with Crippen molar-refractivity contribution >= 4 is 44.9 Å². The molecule has 0 saturated carbocycles. The first-order valence-corrected chi connectivity index (χ1v) is 13.6. The van der Waals surface area contributed by atoms with Gasteiger partial charge in [-0.3, -0.25) is 9.10 Å². The third-order valence-electron chi connectivity index (χ3n) is 6.19. The maximum Gasteiger partial charge on any atom is 0.333 e. The van der Waals surface area contributed by atoms with Gasteiger partial charge in [-0.05, 0) is 55.7 Å². The molecule has 0 unspecified atom stereocenters. The first-order valence-electron chi connectivity index (χ1n) is 11.8. The predicted molar refractivity (Wildman–Crippen MR) is 140 cm³/mol. The van der Waals surface area contributed by atoms with Gasteiger partial charge in [-0.15, -0.1) is 0 Å². The lowest BCUT2D eigenvalue weighted by molar-refractivity contribution is -0.141. The second kappa shape index (κ2) is 11.3. The Morgan fingerprint density at radius 3 is 2.69 bits per heavy atom. The Hall–Kier alpha value is -3.51. The van der Waals surface area contributed by atoms with Crippen molar-refractivity contribution in [2.45, 2.75) is 44.2 Å². The Bertz CT molecular complexity index is 1520. The number of allylic oxidation sites excluding steroid dienone is 1. The van der Waals surface area contributed by atoms with E-state index in [-0.39, 0.29) is 51.8 Å². The summed E-state index contributed by atoms with van der Waals surface area (Å²) in [5, 5.41) is 3.85. The molecule has 0 radical (unpaired) electrons. The molecule has 1 aromatic heterocycles. The Morgan fingerprint density at radius 1 is 1.31 bits per heavy atom. The van der Waals surface area contributed by atoms with E-state index in [2.05, 4.69) is 9.84 Å². The molecule has 8 nitrogen and oxygen atoms in total. The standard InChI is InChI=1S/C26H25ClF3N3O5S/c1-15(25-19(27)5-4-6-20(25)28)11-17-7-9-22-21(12-17)33(13-18(38-22)8-10-24(34)37-3)39(35,36)23-14-32(26(29)30)31-16(23)2/h4-7,9,11-12,14,18,26H,8,10,13H2,1-3H3/b15-11+/t18-/m0/s1. The van der Waals surface area contributed by atoms with Crippen molar-refractivity contribution in [1.82, 2.24) is 9.78 Å². The number of benzene rings is 2. The lowest BCUT2D eigenvalue weighted by Crippen LogP contribution is -2.43. The lowest BCUT2D eigenvalue weighted by atomic mass is 10.0. The summed E-state index contributed by atoms with van der Waals surface area (Å²) in [5.41, 5.74) is 1.26. The maximum atomic E-state index is 14.5. The molecule has 0 fully saturated rings. The molecule has 0 N–H and O–H groups in total. The number of hydrogen-bond acceptors (Lipinski definition) is 6. The predicted octanol–water partition coefficient (Wildman–Crippen LogP) is 5.85. The van der Waals surface area contributed by atoms with Gasteiger partial charge in [0.05, 0.1) is 36.3 Å². The lowest BCUT2D eigenvalue weighted by Gasteiger charge is -2.35. The van der Waals surface area contributed by atoms with Crippen molar-refractivity contribution in [1.29, 1.82) is 0 Å². The van der Waals surface area contributed by atoms with Crippen molar-refractivity contribution < 1.29 is 35.9 Å². The van der Waals surface area contributed by atoms with E-state index in [4.69, 9.17) is 16.3 Å². The maximum absolute atomic E-state index is 14.5. The van der Waals surface area contributed by atoms with Gasteiger partial charge in [0.2, 0.25) is 0 Å². The minimum atomic E-state index is -4.39. The number of methoxy groups -OCH3 is 1. The minimum Gasteiger partial charge on any atom is -0.486 e. The van der Waals surface area contributed by atoms with Gasteiger partial charge in [0.1, 0.15) is 22.6 Å². The summed E-state index contributed by atoms with van der Waals surface area (Å²) in [7, 11) is -3.15. The van der Waals surface area contributed by atoms with Gasteiger partial charge in [-0.2, -0.15) is 13.9 Å². The van der Waals surface area contributed by atoms with Crippen molar-refractivity contribution in [3.8, 4) is 5.75 Å². The highest BCUT2D eigenvalue weighted by molar-refractivity contribution is 7.92. The number of esters is 1. The molecule has 0 amide bonds. The van der Waals surface area contributed by atoms with E-state index in [1.165, 1.54) is 32.2 Å². The highest BCUT2D eigenvalue weighted by atomic mass is 35.5. The van der Waals surface area contributed by atoms with E-state index in [9.17, 15) is 26.4 Å². The molecule has 1 aliphatic rings. The molecular weight excluding hydrogens is 559 g/mol. The number of sulfonamides is 1. The Morgan fingerprint density at radius 2 is 2.05 bits per heavy atom. The molecular formula is C26H25ClF3N3O5S. The van der Waals surface area contributed by atoms with Crippen molar-refractivity contribution in [2.24, 2.45) is 0 Å². The molecule has 0 spiro atoms. The highest BCUT2D eigenvalue weighted by Crippen LogP contribution is 2.40. The second-order valence-corrected chi connectivity index (χ2v) is 11.1. The Kier molecular flexibility index (Phi) is 8.26. The van der Waals surface area contributed by atoms with Gasteiger partial charge in [0, 0.05) is 12.0 Å². The van der Waals surface area contributed by atoms with Gasteiger partial charge in [0.15, 0.2) is 0 Å². The fourth-order valence-electron chi connectivity index (χ4n) is 4.31. The van der Waals surface area contributed by atoms with E-state index < -0.39 is 39.4 Å². The van der Waals surface area contributed by atoms with Gasteiger partial charge < -0.3 is 9.47 Å². The number of aromatic nitrogens is 2. The average molecular weight is 584 g/mol. The summed E-state index contributed by atoms with van der Waals surface area (Å²) in [6, 6.07) is 9.08. The zero-order valence-corrected chi connectivity index (χ0v) is 22.8. The van der Waals surface area contributed by atoms with Crippen LogP contribution in [0.3, 0.4) is 0 Å². The van der Waals surface area contributed by atoms with Crippen molar-refractivity contribution in [3.05, 3.63) is 70.3 Å². The van der Waals surface area contributed by atoms with Crippen LogP contribution in [0.2, 0.25) is 5.02 Å². The van der Waals surface area contributed by atoms with Crippen LogP contribution in [0.25, 0.3) is 11.6 Å². The first-order chi connectivity index (χ1) is 18.4. The number of anilines is 1. The number of carbonyl (C=O) groups is 1. The number of aryl methyl sites for hydroxylation is 1. The van der Waals surface area contributed by atoms with Crippen LogP contribution in [0, 0.1) is 12.7 Å². The van der Waals surface area contributed by atoms with Gasteiger partial charge in [0.25, 0.3) is 10.0 Å². The van der Waals surface area contributed by atoms with Crippen LogP contribution in [-0.2, 0) is 19.6 Å². The third-order valence-corrected chi connectivity index (χ3v) is 8.39. The minimum absolute atomic E-state index is 0.0177. The highest BCUT2D eigenvalue weighted by Gasteiger charge is 2.37. The third kappa shape index (κ3) is 5.91. The van der Waals surface area contributed by atoms with Gasteiger partial charge >= 0.3 is 12.5 Å². The molecule has 1 atom stereocenters. The summed E-state index contributed by atoms with van der Waals surface area (Å²) in [5.74, 6) is -0.797. The molecule has 208 valence electrons. The van der Waals surface area contributed by atoms with Crippen LogP contribution in [-0.4, -0.2) is 43.9 Å². The molecule has 2 aromatic carbocycles. The van der Waals surface area contributed by atoms with Crippen LogP contribution < -0.4 is 9.04 Å². The Labute approximate surface area is 228 Å². The van der Waals surface area contributed by atoms with E-state index >= 15 is 0 Å². The van der Waals surface area contributed by atoms with Crippen LogP contribution in [0.4, 0.5) is 18.9 Å². The molecule has 4 rings (SSSR count). The van der Waals surface area contributed by atoms with Crippen molar-refractivity contribution in [2.75, 3.05) is 18.0 Å². The second-order valence-electron chi connectivity index (χ2n) is 8.88. The van der Waals surface area contributed by atoms with Crippen molar-refractivity contribution in [3.63, 3.8) is 0 Å². The van der Waals surface area contributed by atoms with E-state index in [0.29, 0.717) is 11.1 Å². The largest absolute Gasteiger partial charge is 0.486 e. The number of nitrogens with zero attached hydrogens (tertiary/aromatic N) is 3. The molecule has 3 aromatic rings. The fraction of sp³-hybridized carbons (Fsp3) is 0.308. The number of rotatable bonds is 8. The summed E-state index contributed by atoms with van der Waals surface area (Å²) in [6.45, 7) is -0.235. The molecule has 0 bridgehead atoms. The summed E-state index contributed by atoms with van der Waals surface area (Å²) < 4.78 is 80.5. The van der Waals surface area contributed by atoms with Gasteiger partial charge in [-0.25, -0.2) is 17.5 Å². The van der Waals surface area contributed by atoms with Crippen LogP contribution in [0.15, 0.2) is 47.5 Å². The molecule has 39 heavy (non-hydrogen) atoms. The summed E-state index contributed by atoms with van der Waals surface area (Å²) in [6.07, 6.45) is 1.83. The van der Waals surface area contributed by atoms with Gasteiger partial charge in [-0.1, -0.05) is 29.8 Å². The number of fused-ring (bicyclic) bond motifs is 1. The zero-order chi connectivity index (χ0) is 28.5. The average Bonchev–Trinajstić information content (AvgIpc) is 3.29. The molecule has 2 heterocycles. The number of carbonyl (C=O) groups excluding carboxylic acids is 1. The molecule has 0 aliphatic carbocycles. The van der Waals surface area contributed by atoms with Crippen LogP contribution >= 0.6 is 11.6 Å². The smallest absolute Gasteiger partial charge is 0.333 e.